The Morgan fingerprint density at radius 3 is 1.08 bits per heavy atom. The zero-order chi connectivity index (χ0) is 61.2. The monoisotopic (exact) mass is 1200 g/mol. The zero-order valence-electron chi connectivity index (χ0n) is 54.1. The van der Waals surface area contributed by atoms with Crippen molar-refractivity contribution in [1.29, 1.82) is 0 Å². The largest absolute Gasteiger partial charge is 0.463 e. The van der Waals surface area contributed by atoms with Gasteiger partial charge in [0.2, 0.25) is 0 Å². The lowest BCUT2D eigenvalue weighted by molar-refractivity contribution is -0.142. The molecule has 0 aromatic carbocycles. The fourth-order valence-corrected chi connectivity index (χ4v) is 18.3. The Morgan fingerprint density at radius 2 is 0.686 bits per heavy atom. The van der Waals surface area contributed by atoms with Crippen molar-refractivity contribution >= 4 is 35.8 Å². The van der Waals surface area contributed by atoms with Crippen LogP contribution in [0.15, 0.2) is 48.6 Å². The van der Waals surface area contributed by atoms with E-state index in [1.54, 1.807) is 13.8 Å². The smallest absolute Gasteiger partial charge is 0.333 e. The van der Waals surface area contributed by atoms with E-state index in [1.807, 2.05) is 0 Å². The van der Waals surface area contributed by atoms with Gasteiger partial charge in [0, 0.05) is 35.5 Å². The molecule has 0 radical (unpaired) electrons. The van der Waals surface area contributed by atoms with Gasteiger partial charge in [-0.25, -0.2) is 28.8 Å². The molecule has 0 aromatic rings. The molecule has 7 saturated carbocycles. The van der Waals surface area contributed by atoms with E-state index < -0.39 is 23.9 Å². The minimum absolute atomic E-state index is 0.304. The SMILES string of the molecule is C=C(C)C(=O)OCC1CC2CC1C1CC(COC(=O)/C=C/C(=O)OCCCCCCCC3C(CCCCCCCC)CCC(CCCCCC)C3CCCCCCCOC(=O)/C=C/C(=O)OCC3CC4C5C[C@@H](CC5COC(=O)C(=C)C)[C@H]4C3)CC21. The van der Waals surface area contributed by atoms with Crippen molar-refractivity contribution in [3.63, 3.8) is 0 Å². The molecule has 0 aromatic heterocycles. The number of hydrogen-bond acceptors (Lipinski definition) is 12. The quantitative estimate of drug-likeness (QED) is 0.0247. The number of fused-ring (bicyclic) bond motifs is 10. The van der Waals surface area contributed by atoms with Crippen molar-refractivity contribution < 1.29 is 57.2 Å². The van der Waals surface area contributed by atoms with Gasteiger partial charge in [0.25, 0.3) is 0 Å². The summed E-state index contributed by atoms with van der Waals surface area (Å²) >= 11 is 0. The first kappa shape index (κ1) is 69.3. The highest BCUT2D eigenvalue weighted by molar-refractivity contribution is 5.92. The normalized spacial score (nSPS) is 30.4. The average Bonchev–Trinajstić information content (AvgIpc) is 1.82. The van der Waals surface area contributed by atoms with Crippen LogP contribution < -0.4 is 0 Å². The number of ether oxygens (including phenoxy) is 6. The first-order valence-electron chi connectivity index (χ1n) is 35.4. The lowest BCUT2D eigenvalue weighted by Crippen LogP contribution is -2.35. The third kappa shape index (κ3) is 21.8. The molecule has 0 aliphatic heterocycles. The van der Waals surface area contributed by atoms with E-state index in [0.29, 0.717) is 122 Å². The predicted molar refractivity (Wildman–Crippen MR) is 338 cm³/mol. The summed E-state index contributed by atoms with van der Waals surface area (Å²) in [5.41, 5.74) is 0.881. The molecule has 7 aliphatic rings. The van der Waals surface area contributed by atoms with Crippen LogP contribution in [0.25, 0.3) is 0 Å². The second-order valence-electron chi connectivity index (χ2n) is 28.6. The molecular weight excluding hydrogens is 1080 g/mol. The van der Waals surface area contributed by atoms with E-state index in [4.69, 9.17) is 28.4 Å². The van der Waals surface area contributed by atoms with E-state index in [-0.39, 0.29) is 11.9 Å². The lowest BCUT2D eigenvalue weighted by atomic mass is 9.61. The van der Waals surface area contributed by atoms with Crippen molar-refractivity contribution in [1.82, 2.24) is 0 Å². The molecule has 4 bridgehead atoms. The Bertz CT molecular complexity index is 2210. The van der Waals surface area contributed by atoms with Crippen molar-refractivity contribution in [2.75, 3.05) is 39.6 Å². The fraction of sp³-hybridized carbons (Fsp3) is 0.811. The van der Waals surface area contributed by atoms with Crippen LogP contribution in [0.1, 0.15) is 246 Å². The summed E-state index contributed by atoms with van der Waals surface area (Å²) in [7, 11) is 0. The number of carbonyl (C=O) groups is 6. The molecule has 7 aliphatic carbocycles. The minimum Gasteiger partial charge on any atom is -0.463 e. The maximum absolute atomic E-state index is 12.6. The van der Waals surface area contributed by atoms with Gasteiger partial charge in [0.1, 0.15) is 0 Å². The van der Waals surface area contributed by atoms with Gasteiger partial charge in [-0.05, 0) is 198 Å². The molecule has 12 nitrogen and oxygen atoms in total. The van der Waals surface area contributed by atoms with Gasteiger partial charge in [0.05, 0.1) is 39.6 Å². The topological polar surface area (TPSA) is 158 Å². The fourth-order valence-electron chi connectivity index (χ4n) is 18.3. The Balaban J connectivity index is 0.753. The molecule has 0 heterocycles. The van der Waals surface area contributed by atoms with Crippen LogP contribution in [0, 0.1) is 94.7 Å². The first-order valence-corrected chi connectivity index (χ1v) is 35.4. The molecule has 484 valence electrons. The van der Waals surface area contributed by atoms with Crippen LogP contribution in [0.2, 0.25) is 0 Å². The predicted octanol–water partition coefficient (Wildman–Crippen LogP) is 16.8. The van der Waals surface area contributed by atoms with Gasteiger partial charge in [-0.15, -0.1) is 0 Å². The Morgan fingerprint density at radius 1 is 0.349 bits per heavy atom. The van der Waals surface area contributed by atoms with Crippen molar-refractivity contribution in [2.45, 2.75) is 246 Å². The number of unbranched alkanes of at least 4 members (excludes halogenated alkanes) is 16. The van der Waals surface area contributed by atoms with Crippen molar-refractivity contribution in [3.8, 4) is 0 Å². The average molecular weight is 1200 g/mol. The molecule has 7 rings (SSSR count). The summed E-state index contributed by atoms with van der Waals surface area (Å²) in [4.78, 5) is 74.3. The Hall–Kier alpha value is -4.22. The van der Waals surface area contributed by atoms with E-state index in [0.717, 1.165) is 101 Å². The molecule has 86 heavy (non-hydrogen) atoms. The van der Waals surface area contributed by atoms with Crippen LogP contribution >= 0.6 is 0 Å². The van der Waals surface area contributed by atoms with Crippen LogP contribution in [-0.4, -0.2) is 75.5 Å². The first-order chi connectivity index (χ1) is 41.7. The van der Waals surface area contributed by atoms with Gasteiger partial charge in [-0.2, -0.15) is 0 Å². The van der Waals surface area contributed by atoms with E-state index >= 15 is 0 Å². The maximum Gasteiger partial charge on any atom is 0.333 e. The molecule has 0 amide bonds. The molecule has 7 fully saturated rings. The number of carbonyl (C=O) groups excluding carboxylic acids is 6. The van der Waals surface area contributed by atoms with Gasteiger partial charge >= 0.3 is 35.8 Å². The second-order valence-corrected chi connectivity index (χ2v) is 28.6. The highest BCUT2D eigenvalue weighted by Gasteiger charge is 2.57. The molecule has 0 N–H and O–H groups in total. The van der Waals surface area contributed by atoms with Crippen LogP contribution in [0.4, 0.5) is 0 Å². The van der Waals surface area contributed by atoms with Gasteiger partial charge in [-0.3, -0.25) is 0 Å². The molecular formula is C74H116O12. The van der Waals surface area contributed by atoms with E-state index in [2.05, 4.69) is 27.0 Å². The van der Waals surface area contributed by atoms with Gasteiger partial charge in [0.15, 0.2) is 0 Å². The van der Waals surface area contributed by atoms with Gasteiger partial charge in [-0.1, -0.05) is 155 Å². The van der Waals surface area contributed by atoms with Crippen molar-refractivity contribution in [2.24, 2.45) is 94.7 Å². The summed E-state index contributed by atoms with van der Waals surface area (Å²) < 4.78 is 33.3. The summed E-state index contributed by atoms with van der Waals surface area (Å²) in [6.45, 7) is 17.8. The van der Waals surface area contributed by atoms with E-state index in [1.165, 1.54) is 166 Å². The van der Waals surface area contributed by atoms with Crippen LogP contribution in [0.5, 0.6) is 0 Å². The molecule has 0 spiro atoms. The van der Waals surface area contributed by atoms with Crippen LogP contribution in [-0.2, 0) is 57.2 Å². The third-order valence-electron chi connectivity index (χ3n) is 22.5. The summed E-state index contributed by atoms with van der Waals surface area (Å²) in [6, 6.07) is 0. The van der Waals surface area contributed by atoms with Gasteiger partial charge < -0.3 is 28.4 Å². The molecule has 0 saturated heterocycles. The molecule has 14 unspecified atom stereocenters. The van der Waals surface area contributed by atoms with Crippen LogP contribution in [0.3, 0.4) is 0 Å². The summed E-state index contributed by atoms with van der Waals surface area (Å²) in [6.07, 6.45) is 46.2. The number of hydrogen-bond donors (Lipinski definition) is 0. The number of rotatable bonds is 42. The summed E-state index contributed by atoms with van der Waals surface area (Å²) in [5.74, 6) is 7.20. The number of esters is 6. The highest BCUT2D eigenvalue weighted by Crippen LogP contribution is 2.63. The van der Waals surface area contributed by atoms with E-state index in [9.17, 15) is 28.8 Å². The Labute approximate surface area is 519 Å². The zero-order valence-corrected chi connectivity index (χ0v) is 54.1. The maximum atomic E-state index is 12.6. The molecule has 12 heteroatoms. The minimum atomic E-state index is -0.496. The second kappa shape index (κ2) is 37.1. The highest BCUT2D eigenvalue weighted by atomic mass is 16.6. The third-order valence-corrected chi connectivity index (χ3v) is 22.5. The van der Waals surface area contributed by atoms with Crippen molar-refractivity contribution in [3.05, 3.63) is 48.6 Å². The Kier molecular flexibility index (Phi) is 29.8. The lowest BCUT2D eigenvalue weighted by Gasteiger charge is -2.44. The summed E-state index contributed by atoms with van der Waals surface area (Å²) in [5, 5.41) is 0. The molecule has 16 atom stereocenters. The standard InChI is InChI=1S/C74H116O12/c1-7-9-11-13-16-22-28-56-32-31-55(27-21-12-10-8-2)61(29-23-17-14-19-25-37-81-69(75)33-35-71(77)83-47-53-39-63-57-43-59(49-85-73(79)51(3)4)65(45-57)67(63)41-53)62(56)30-24-18-15-20-26-38-82-70(76)34-36-72(78)84-48-54-40-64-58-44-60(50-86-74(80)52(5)6)66(46-58)68(64)42-54/h33-36,53-68H,3,5,7-32,37-50H2,1-2,4,6H3/b35-33+,36-34+/t53?,54?,55?,56?,57-,58?,59?,60?,61?,62?,63-,64?,65?,66?,67?,68?/m1/s1.